The Bertz CT molecular complexity index is 2080. The summed E-state index contributed by atoms with van der Waals surface area (Å²) in [5.41, 5.74) is 10.8. The van der Waals surface area contributed by atoms with Crippen molar-refractivity contribution in [2.75, 3.05) is 44.2 Å². The van der Waals surface area contributed by atoms with Crippen molar-refractivity contribution >= 4 is 40.7 Å². The molecule has 0 aromatic heterocycles. The zero-order chi connectivity index (χ0) is 43.9. The van der Waals surface area contributed by atoms with E-state index in [1.807, 2.05) is 0 Å². The van der Waals surface area contributed by atoms with Gasteiger partial charge in [-0.3, -0.25) is 35.5 Å². The first kappa shape index (κ1) is 43.9. The molecule has 1 amide bonds. The van der Waals surface area contributed by atoms with Crippen LogP contribution >= 0.6 is 23.4 Å². The van der Waals surface area contributed by atoms with E-state index in [4.69, 9.17) is 26.1 Å². The van der Waals surface area contributed by atoms with Gasteiger partial charge in [-0.2, -0.15) is 5.26 Å². The van der Waals surface area contributed by atoms with Gasteiger partial charge in [0, 0.05) is 96.7 Å². The van der Waals surface area contributed by atoms with Gasteiger partial charge in [0.1, 0.15) is 30.4 Å². The average molecular weight is 901 g/mol. The number of amides is 1. The van der Waals surface area contributed by atoms with Crippen LogP contribution in [0.1, 0.15) is 78.9 Å². The number of hydrazine groups is 1. The van der Waals surface area contributed by atoms with Crippen molar-refractivity contribution in [2.24, 2.45) is 33.6 Å². The number of nitrogens with one attached hydrogen (secondary N) is 6. The van der Waals surface area contributed by atoms with Gasteiger partial charge in [0.25, 0.3) is 0 Å². The van der Waals surface area contributed by atoms with Gasteiger partial charge >= 0.3 is 0 Å². The lowest BCUT2D eigenvalue weighted by molar-refractivity contribution is -0.174. The van der Waals surface area contributed by atoms with E-state index in [1.54, 1.807) is 18.2 Å². The molecule has 340 valence electrons. The monoisotopic (exact) mass is 899 g/mol. The van der Waals surface area contributed by atoms with Gasteiger partial charge in [0.15, 0.2) is 0 Å². The molecule has 0 radical (unpaired) electrons. The number of nitrogens with zero attached hydrogens (tertiary/aromatic N) is 5. The number of benzene rings is 2. The molecule has 7 heterocycles. The largest absolute Gasteiger partial charge is 0.489 e. The lowest BCUT2D eigenvalue weighted by Gasteiger charge is -2.63. The van der Waals surface area contributed by atoms with Crippen molar-refractivity contribution in [2.45, 2.75) is 133 Å². The maximum absolute atomic E-state index is 13.8. The zero-order valence-electron chi connectivity index (χ0n) is 37.7. The Balaban J connectivity index is 0.767. The topological polar surface area (TPSA) is 154 Å². The SMILES string of the molecule is CC1SC2C(C(c3ccc(N4C5CCC4CN(C4NCC(C(=O)NC6C(C)(C)C(Oc7ccc(C#N)c(Cl)c7)C6(C)C)CN4)C5)cc3)=NC(CC3NCCO3)C3NNC(C)N32)C1C. The minimum absolute atomic E-state index is 0.0226. The predicted octanol–water partition coefficient (Wildman–Crippen LogP) is 4.26. The number of carbonyl (C=O) groups is 1. The fourth-order valence-corrected chi connectivity index (χ4v) is 14.9. The third-order valence-corrected chi connectivity index (χ3v) is 18.0. The molecule has 10 rings (SSSR count). The zero-order valence-corrected chi connectivity index (χ0v) is 39.3. The Hall–Kier alpha value is -3.01. The molecule has 6 N–H and O–H groups in total. The van der Waals surface area contributed by atoms with Gasteiger partial charge in [-0.1, -0.05) is 65.3 Å². The number of aliphatic imine (C=N–C) groups is 1. The van der Waals surface area contributed by atoms with Crippen LogP contribution in [0.2, 0.25) is 5.02 Å². The summed E-state index contributed by atoms with van der Waals surface area (Å²) in [6.07, 6.45) is 3.41. The van der Waals surface area contributed by atoms with Gasteiger partial charge in [-0.25, -0.2) is 10.9 Å². The molecule has 10 atom stereocenters. The number of fused-ring (bicyclic) bond motifs is 5. The predicted molar refractivity (Wildman–Crippen MR) is 248 cm³/mol. The maximum atomic E-state index is 13.8. The molecule has 14 nitrogen and oxygen atoms in total. The number of thioether (sulfide) groups is 1. The molecule has 1 aliphatic carbocycles. The third kappa shape index (κ3) is 7.77. The van der Waals surface area contributed by atoms with Crippen molar-refractivity contribution in [3.8, 4) is 11.8 Å². The second-order valence-electron chi connectivity index (χ2n) is 20.6. The van der Waals surface area contributed by atoms with Gasteiger partial charge in [0.2, 0.25) is 5.91 Å². The second-order valence-corrected chi connectivity index (χ2v) is 22.6. The van der Waals surface area contributed by atoms with E-state index < -0.39 is 0 Å². The third-order valence-electron chi connectivity index (χ3n) is 16.0. The smallest absolute Gasteiger partial charge is 0.225 e. The van der Waals surface area contributed by atoms with E-state index >= 15 is 0 Å². The van der Waals surface area contributed by atoms with Crippen LogP contribution in [0.15, 0.2) is 47.5 Å². The molecular weight excluding hydrogens is 834 g/mol. The minimum atomic E-state index is -0.312. The highest BCUT2D eigenvalue weighted by molar-refractivity contribution is 8.00. The summed E-state index contributed by atoms with van der Waals surface area (Å²) in [6.45, 7) is 20.5. The summed E-state index contributed by atoms with van der Waals surface area (Å²) in [7, 11) is 0. The van der Waals surface area contributed by atoms with Crippen molar-refractivity contribution in [3.05, 3.63) is 58.6 Å². The summed E-state index contributed by atoms with van der Waals surface area (Å²) in [5.74, 6) is 1.34. The summed E-state index contributed by atoms with van der Waals surface area (Å²) in [4.78, 5) is 27.4. The number of piperazine rings is 1. The first-order valence-electron chi connectivity index (χ1n) is 23.4. The average Bonchev–Trinajstić information content (AvgIpc) is 4.03. The molecule has 0 spiro atoms. The fourth-order valence-electron chi connectivity index (χ4n) is 12.8. The summed E-state index contributed by atoms with van der Waals surface area (Å²) >= 11 is 8.42. The van der Waals surface area contributed by atoms with E-state index in [9.17, 15) is 10.1 Å². The minimum Gasteiger partial charge on any atom is -0.489 e. The van der Waals surface area contributed by atoms with Crippen molar-refractivity contribution in [1.29, 1.82) is 5.26 Å². The number of rotatable bonds is 9. The molecule has 2 aromatic rings. The van der Waals surface area contributed by atoms with Crippen LogP contribution in [-0.4, -0.2) is 126 Å². The number of hydrogen-bond donors (Lipinski definition) is 6. The van der Waals surface area contributed by atoms with Crippen LogP contribution in [0.4, 0.5) is 5.69 Å². The van der Waals surface area contributed by atoms with Crippen LogP contribution in [0.5, 0.6) is 5.75 Å². The van der Waals surface area contributed by atoms with Crippen molar-refractivity contribution in [1.82, 2.24) is 41.9 Å². The van der Waals surface area contributed by atoms with Gasteiger partial charge < -0.3 is 19.7 Å². The Kier molecular flexibility index (Phi) is 11.8. The van der Waals surface area contributed by atoms with Crippen LogP contribution in [-0.2, 0) is 9.53 Å². The Morgan fingerprint density at radius 1 is 1.02 bits per heavy atom. The quantitative estimate of drug-likeness (QED) is 0.213. The molecule has 6 saturated heterocycles. The highest BCUT2D eigenvalue weighted by atomic mass is 35.5. The van der Waals surface area contributed by atoms with E-state index in [0.29, 0.717) is 64.0 Å². The van der Waals surface area contributed by atoms with Gasteiger partial charge in [-0.15, -0.1) is 11.8 Å². The summed E-state index contributed by atoms with van der Waals surface area (Å²) in [5, 5.41) is 24.9. The molecule has 2 bridgehead atoms. The Morgan fingerprint density at radius 3 is 2.38 bits per heavy atom. The van der Waals surface area contributed by atoms with Crippen LogP contribution < -0.4 is 41.8 Å². The Labute approximate surface area is 382 Å². The number of anilines is 1. The van der Waals surface area contributed by atoms with Gasteiger partial charge in [0.05, 0.1) is 46.9 Å². The summed E-state index contributed by atoms with van der Waals surface area (Å²) in [6, 6.07) is 17.5. The van der Waals surface area contributed by atoms with E-state index in [1.165, 1.54) is 29.8 Å². The molecule has 1 saturated carbocycles. The number of carbonyl (C=O) groups excluding carboxylic acids is 1. The highest BCUT2D eigenvalue weighted by Gasteiger charge is 2.64. The fraction of sp³-hybridized carbons (Fsp3) is 0.681. The van der Waals surface area contributed by atoms with E-state index in [0.717, 1.165) is 32.7 Å². The molecular formula is C47H66ClN11O3S. The van der Waals surface area contributed by atoms with Crippen LogP contribution in [0.25, 0.3) is 0 Å². The molecule has 16 heteroatoms. The lowest BCUT2D eigenvalue weighted by atomic mass is 9.49. The molecule has 8 aliphatic rings. The number of halogens is 1. The van der Waals surface area contributed by atoms with E-state index in [2.05, 4.69) is 137 Å². The number of likely N-dealkylation sites (tertiary alicyclic amines) is 1. The normalized spacial score (nSPS) is 39.4. The molecule has 2 aromatic carbocycles. The van der Waals surface area contributed by atoms with Gasteiger partial charge in [-0.05, 0) is 55.5 Å². The van der Waals surface area contributed by atoms with Crippen LogP contribution in [0, 0.1) is 39.9 Å². The highest BCUT2D eigenvalue weighted by Crippen LogP contribution is 2.56. The molecule has 10 unspecified atom stereocenters. The number of ether oxygens (including phenoxy) is 2. The first-order chi connectivity index (χ1) is 30.2. The van der Waals surface area contributed by atoms with Crippen molar-refractivity contribution in [3.63, 3.8) is 0 Å². The molecule has 7 fully saturated rings. The lowest BCUT2D eigenvalue weighted by Crippen LogP contribution is -2.75. The van der Waals surface area contributed by atoms with Crippen LogP contribution in [0.3, 0.4) is 0 Å². The molecule has 7 aliphatic heterocycles. The number of nitriles is 1. The second kappa shape index (κ2) is 17.0. The molecule has 63 heavy (non-hydrogen) atoms. The van der Waals surface area contributed by atoms with E-state index in [-0.39, 0.29) is 65.7 Å². The standard InChI is InChI=1S/C47H66ClN11O3S/c1-25-26(2)63-42-38(25)39(53-36(19-37-50-16-17-61-37)40-56-55-27(3)58(40)42)28-8-11-31(12-9-28)59-32-13-14-33(59)24-57(23-32)45-51-21-30(22-52-45)41(60)54-43-46(4,5)44(47(43,6)7)62-34-15-10-29(20-49)35(48)18-34/h8-12,15,18,25-27,30,32-33,36-38,40,42-45,50-52,55-56H,13-14,16-17,19,21-24H2,1-7H3,(H,54,60). The summed E-state index contributed by atoms with van der Waals surface area (Å²) < 4.78 is 12.5. The Morgan fingerprint density at radius 2 is 1.73 bits per heavy atom. The number of hydrogen-bond acceptors (Lipinski definition) is 14. The van der Waals surface area contributed by atoms with Crippen molar-refractivity contribution < 1.29 is 14.3 Å². The maximum Gasteiger partial charge on any atom is 0.225 e. The first-order valence-corrected chi connectivity index (χ1v) is 24.7.